The van der Waals surface area contributed by atoms with Gasteiger partial charge >= 0.3 is 5.97 Å². The van der Waals surface area contributed by atoms with Crippen molar-refractivity contribution >= 4 is 12.0 Å². The lowest BCUT2D eigenvalue weighted by Gasteiger charge is -2.13. The van der Waals surface area contributed by atoms with Crippen molar-refractivity contribution in [3.05, 3.63) is 77.7 Å². The van der Waals surface area contributed by atoms with Crippen LogP contribution < -0.4 is 0 Å². The van der Waals surface area contributed by atoms with E-state index >= 15 is 0 Å². The first kappa shape index (κ1) is 22.3. The molecule has 0 aliphatic heterocycles. The van der Waals surface area contributed by atoms with Gasteiger partial charge in [0.1, 0.15) is 5.82 Å². The van der Waals surface area contributed by atoms with Gasteiger partial charge in [-0.05, 0) is 31.2 Å². The maximum Gasteiger partial charge on any atom is 0.305 e. The first-order chi connectivity index (χ1) is 14.8. The highest BCUT2D eigenvalue weighted by Gasteiger charge is 2.16. The summed E-state index contributed by atoms with van der Waals surface area (Å²) in [5.41, 5.74) is 3.38. The second-order valence-electron chi connectivity index (χ2n) is 7.18. The van der Waals surface area contributed by atoms with Crippen molar-refractivity contribution in [2.45, 2.75) is 32.0 Å². The van der Waals surface area contributed by atoms with E-state index < -0.39 is 24.6 Å². The lowest BCUT2D eigenvalue weighted by atomic mass is 10.0. The summed E-state index contributed by atoms with van der Waals surface area (Å²) in [6.45, 7) is 1.81. The largest absolute Gasteiger partial charge is 0.481 e. The number of rotatable bonds is 8. The fraction of sp³-hybridized carbons (Fsp3) is 0.208. The van der Waals surface area contributed by atoms with Crippen LogP contribution in [0.5, 0.6) is 0 Å². The molecule has 0 aliphatic carbocycles. The normalized spacial score (nSPS) is 13.3. The summed E-state index contributed by atoms with van der Waals surface area (Å²) in [5, 5.41) is 28.7. The molecule has 3 rings (SSSR count). The van der Waals surface area contributed by atoms with Gasteiger partial charge < -0.3 is 15.3 Å². The van der Waals surface area contributed by atoms with Crippen LogP contribution in [-0.4, -0.2) is 43.5 Å². The highest BCUT2D eigenvalue weighted by atomic mass is 19.1. The third-order valence-electron chi connectivity index (χ3n) is 4.69. The number of carboxylic acids is 1. The fourth-order valence-corrected chi connectivity index (χ4v) is 3.17. The minimum Gasteiger partial charge on any atom is -0.481 e. The molecule has 0 saturated carbocycles. The van der Waals surface area contributed by atoms with Gasteiger partial charge in [-0.25, -0.2) is 14.4 Å². The van der Waals surface area contributed by atoms with Crippen molar-refractivity contribution in [2.75, 3.05) is 0 Å². The van der Waals surface area contributed by atoms with Crippen LogP contribution >= 0.6 is 0 Å². The molecular weight excluding hydrogens is 399 g/mol. The van der Waals surface area contributed by atoms with Crippen LogP contribution in [0, 0.1) is 12.7 Å². The van der Waals surface area contributed by atoms with E-state index in [4.69, 9.17) is 5.11 Å². The highest BCUT2D eigenvalue weighted by molar-refractivity contribution is 5.75. The Morgan fingerprint density at radius 1 is 1.03 bits per heavy atom. The molecule has 7 heteroatoms. The van der Waals surface area contributed by atoms with E-state index in [9.17, 15) is 19.4 Å². The second-order valence-corrected chi connectivity index (χ2v) is 7.18. The number of carboxylic acid groups (broad SMARTS) is 1. The highest BCUT2D eigenvalue weighted by Crippen LogP contribution is 2.28. The zero-order valence-electron chi connectivity index (χ0n) is 16.9. The molecule has 1 aromatic heterocycles. The molecule has 0 fully saturated rings. The van der Waals surface area contributed by atoms with Crippen molar-refractivity contribution < 1.29 is 24.5 Å². The molecule has 1 heterocycles. The maximum absolute atomic E-state index is 13.4. The summed E-state index contributed by atoms with van der Waals surface area (Å²) < 4.78 is 13.4. The van der Waals surface area contributed by atoms with E-state index in [1.54, 1.807) is 18.2 Å². The molecule has 0 bridgehead atoms. The van der Waals surface area contributed by atoms with Crippen LogP contribution in [0.1, 0.15) is 24.1 Å². The van der Waals surface area contributed by atoms with E-state index in [2.05, 4.69) is 9.97 Å². The number of aliphatic hydroxyl groups excluding tert-OH is 2. The average molecular weight is 422 g/mol. The summed E-state index contributed by atoms with van der Waals surface area (Å²) in [6, 6.07) is 15.4. The van der Waals surface area contributed by atoms with Crippen molar-refractivity contribution in [1.29, 1.82) is 0 Å². The molecule has 0 saturated heterocycles. The first-order valence-corrected chi connectivity index (χ1v) is 9.79. The molecule has 3 N–H and O–H groups in total. The molecule has 0 radical (unpaired) electrons. The minimum absolute atomic E-state index is 0.114. The third kappa shape index (κ3) is 6.04. The third-order valence-corrected chi connectivity index (χ3v) is 4.69. The van der Waals surface area contributed by atoms with Crippen LogP contribution in [-0.2, 0) is 4.79 Å². The number of aryl methyl sites for hydroxylation is 1. The predicted molar refractivity (Wildman–Crippen MR) is 116 cm³/mol. The standard InChI is InChI=1S/C24H23FN2O4/c1-15-21(12-11-19(28)13-20(29)14-22(30)31)23(16-7-9-18(25)10-8-16)27-24(26-15)17-5-3-2-4-6-17/h2-12,19-20,28-29H,13-14H2,1H3,(H,30,31). The topological polar surface area (TPSA) is 104 Å². The maximum atomic E-state index is 13.4. The van der Waals surface area contributed by atoms with Gasteiger partial charge in [-0.1, -0.05) is 42.5 Å². The number of halogens is 1. The molecule has 2 atom stereocenters. The monoisotopic (exact) mass is 422 g/mol. The summed E-state index contributed by atoms with van der Waals surface area (Å²) in [7, 11) is 0. The first-order valence-electron chi connectivity index (χ1n) is 9.79. The molecule has 0 aliphatic rings. The van der Waals surface area contributed by atoms with E-state index in [0.29, 0.717) is 28.3 Å². The van der Waals surface area contributed by atoms with Gasteiger partial charge in [0, 0.05) is 28.8 Å². The molecule has 31 heavy (non-hydrogen) atoms. The molecule has 0 amide bonds. The molecule has 2 aromatic carbocycles. The van der Waals surface area contributed by atoms with Gasteiger partial charge in [-0.3, -0.25) is 4.79 Å². The van der Waals surface area contributed by atoms with Crippen molar-refractivity contribution in [1.82, 2.24) is 9.97 Å². The Balaban J connectivity index is 1.98. The Hall–Kier alpha value is -3.42. The summed E-state index contributed by atoms with van der Waals surface area (Å²) in [4.78, 5) is 20.0. The molecular formula is C24H23FN2O4. The molecule has 6 nitrogen and oxygen atoms in total. The Morgan fingerprint density at radius 2 is 1.71 bits per heavy atom. The van der Waals surface area contributed by atoms with Crippen LogP contribution in [0.2, 0.25) is 0 Å². The van der Waals surface area contributed by atoms with Crippen LogP contribution in [0.15, 0.2) is 60.7 Å². The van der Waals surface area contributed by atoms with Crippen molar-refractivity contribution in [3.63, 3.8) is 0 Å². The SMILES string of the molecule is Cc1nc(-c2ccccc2)nc(-c2ccc(F)cc2)c1C=CC(O)CC(O)CC(=O)O. The Morgan fingerprint density at radius 3 is 2.35 bits per heavy atom. The van der Waals surface area contributed by atoms with Crippen molar-refractivity contribution in [3.8, 4) is 22.6 Å². The number of hydrogen-bond donors (Lipinski definition) is 3. The lowest BCUT2D eigenvalue weighted by molar-refractivity contribution is -0.139. The summed E-state index contributed by atoms with van der Waals surface area (Å²) in [6.07, 6.45) is 0.332. The van der Waals surface area contributed by atoms with E-state index in [0.717, 1.165) is 5.56 Å². The number of aliphatic carboxylic acids is 1. The Bertz CT molecular complexity index is 1070. The number of carbonyl (C=O) groups is 1. The van der Waals surface area contributed by atoms with Gasteiger partial charge in [-0.15, -0.1) is 0 Å². The number of hydrogen-bond acceptors (Lipinski definition) is 5. The van der Waals surface area contributed by atoms with Gasteiger partial charge in [0.25, 0.3) is 0 Å². The summed E-state index contributed by atoms with van der Waals surface area (Å²) >= 11 is 0. The zero-order chi connectivity index (χ0) is 22.4. The fourth-order valence-electron chi connectivity index (χ4n) is 3.17. The van der Waals surface area contributed by atoms with Gasteiger partial charge in [0.2, 0.25) is 0 Å². The molecule has 160 valence electrons. The minimum atomic E-state index is -1.16. The van der Waals surface area contributed by atoms with Crippen LogP contribution in [0.4, 0.5) is 4.39 Å². The quantitative estimate of drug-likeness (QED) is 0.509. The van der Waals surface area contributed by atoms with Gasteiger partial charge in [-0.2, -0.15) is 0 Å². The van der Waals surface area contributed by atoms with Gasteiger partial charge in [0.15, 0.2) is 5.82 Å². The second kappa shape index (κ2) is 10.1. The zero-order valence-corrected chi connectivity index (χ0v) is 16.9. The van der Waals surface area contributed by atoms with Gasteiger partial charge in [0.05, 0.1) is 24.3 Å². The summed E-state index contributed by atoms with van der Waals surface area (Å²) in [5.74, 6) is -0.979. The van der Waals surface area contributed by atoms with Crippen LogP contribution in [0.3, 0.4) is 0 Å². The average Bonchev–Trinajstić information content (AvgIpc) is 2.73. The molecule has 3 aromatic rings. The molecule has 0 spiro atoms. The number of nitrogens with zero attached hydrogens (tertiary/aromatic N) is 2. The molecule has 2 unspecified atom stereocenters. The lowest BCUT2D eigenvalue weighted by Crippen LogP contribution is -2.19. The smallest absolute Gasteiger partial charge is 0.305 e. The van der Waals surface area contributed by atoms with Crippen molar-refractivity contribution in [2.24, 2.45) is 0 Å². The number of benzene rings is 2. The van der Waals surface area contributed by atoms with E-state index in [1.807, 2.05) is 37.3 Å². The number of aliphatic hydroxyl groups is 2. The Labute approximate surface area is 179 Å². The van der Waals surface area contributed by atoms with Crippen LogP contribution in [0.25, 0.3) is 28.7 Å². The Kier molecular flexibility index (Phi) is 7.23. The predicted octanol–water partition coefficient (Wildman–Crippen LogP) is 3.86. The van der Waals surface area contributed by atoms with E-state index in [1.165, 1.54) is 18.2 Å². The number of aromatic nitrogens is 2. The van der Waals surface area contributed by atoms with E-state index in [-0.39, 0.29) is 12.2 Å².